The highest BCUT2D eigenvalue weighted by Gasteiger charge is 2.12. The number of thioether (sulfide) groups is 1. The molecular formula is C20H16Cl2N2O3S. The largest absolute Gasteiger partial charge is 0.455 e. The van der Waals surface area contributed by atoms with E-state index >= 15 is 0 Å². The number of carbonyl (C=O) groups is 2. The van der Waals surface area contributed by atoms with E-state index in [0.717, 1.165) is 15.7 Å². The van der Waals surface area contributed by atoms with Gasteiger partial charge in [0.1, 0.15) is 0 Å². The molecule has 1 N–H and O–H groups in total. The number of anilines is 1. The number of benzene rings is 2. The molecule has 0 unspecified atom stereocenters. The van der Waals surface area contributed by atoms with Crippen LogP contribution in [-0.4, -0.2) is 29.2 Å². The molecule has 0 atom stereocenters. The molecule has 0 aliphatic rings. The number of ether oxygens (including phenoxy) is 1. The molecule has 3 rings (SSSR count). The number of amides is 1. The van der Waals surface area contributed by atoms with Crippen molar-refractivity contribution >= 4 is 63.4 Å². The zero-order valence-corrected chi connectivity index (χ0v) is 17.2. The maximum atomic E-state index is 12.0. The maximum Gasteiger partial charge on any atom is 0.316 e. The summed E-state index contributed by atoms with van der Waals surface area (Å²) in [6.07, 6.45) is 0. The van der Waals surface area contributed by atoms with Crippen LogP contribution in [0, 0.1) is 6.92 Å². The lowest BCUT2D eigenvalue weighted by atomic mass is 10.1. The average molecular weight is 435 g/mol. The lowest BCUT2D eigenvalue weighted by molar-refractivity contribution is -0.144. The van der Waals surface area contributed by atoms with Gasteiger partial charge in [-0.2, -0.15) is 0 Å². The molecule has 1 aromatic heterocycles. The first-order valence-electron chi connectivity index (χ1n) is 8.32. The van der Waals surface area contributed by atoms with Gasteiger partial charge < -0.3 is 10.1 Å². The van der Waals surface area contributed by atoms with Crippen LogP contribution in [0.3, 0.4) is 0 Å². The molecule has 28 heavy (non-hydrogen) atoms. The van der Waals surface area contributed by atoms with Crippen molar-refractivity contribution in [1.82, 2.24) is 4.98 Å². The van der Waals surface area contributed by atoms with Crippen LogP contribution in [0.25, 0.3) is 10.8 Å². The van der Waals surface area contributed by atoms with Crippen molar-refractivity contribution in [3.05, 3.63) is 64.3 Å². The Morgan fingerprint density at radius 2 is 1.82 bits per heavy atom. The lowest BCUT2D eigenvalue weighted by Crippen LogP contribution is -2.22. The molecule has 0 fully saturated rings. The van der Waals surface area contributed by atoms with Crippen LogP contribution in [0.1, 0.15) is 5.69 Å². The number of carbonyl (C=O) groups excluding carboxylic acids is 2. The SMILES string of the molecule is Cc1nc(NC(=O)COC(=O)CSc2ccc3ccccc3c2)c(Cl)cc1Cl. The van der Waals surface area contributed by atoms with E-state index in [1.807, 2.05) is 42.5 Å². The lowest BCUT2D eigenvalue weighted by Gasteiger charge is -2.09. The topological polar surface area (TPSA) is 68.3 Å². The molecule has 8 heteroatoms. The molecule has 1 heterocycles. The van der Waals surface area contributed by atoms with E-state index in [1.165, 1.54) is 17.8 Å². The fraction of sp³-hybridized carbons (Fsp3) is 0.150. The summed E-state index contributed by atoms with van der Waals surface area (Å²) in [5, 5.41) is 5.35. The van der Waals surface area contributed by atoms with Crippen molar-refractivity contribution in [3.63, 3.8) is 0 Å². The Morgan fingerprint density at radius 3 is 2.61 bits per heavy atom. The second-order valence-electron chi connectivity index (χ2n) is 5.89. The van der Waals surface area contributed by atoms with Gasteiger partial charge in [0.15, 0.2) is 12.4 Å². The molecule has 0 saturated heterocycles. The monoisotopic (exact) mass is 434 g/mol. The second-order valence-corrected chi connectivity index (χ2v) is 7.76. The van der Waals surface area contributed by atoms with Crippen LogP contribution in [0.15, 0.2) is 53.4 Å². The summed E-state index contributed by atoms with van der Waals surface area (Å²) in [6, 6.07) is 15.4. The van der Waals surface area contributed by atoms with Gasteiger partial charge in [-0.25, -0.2) is 4.98 Å². The van der Waals surface area contributed by atoms with E-state index in [1.54, 1.807) is 6.92 Å². The number of aromatic nitrogens is 1. The van der Waals surface area contributed by atoms with Gasteiger partial charge in [0, 0.05) is 4.90 Å². The number of fused-ring (bicyclic) bond motifs is 1. The van der Waals surface area contributed by atoms with Gasteiger partial charge in [-0.15, -0.1) is 11.8 Å². The molecule has 5 nitrogen and oxygen atoms in total. The molecule has 0 radical (unpaired) electrons. The van der Waals surface area contributed by atoms with E-state index in [4.69, 9.17) is 27.9 Å². The van der Waals surface area contributed by atoms with Crippen molar-refractivity contribution in [2.75, 3.05) is 17.7 Å². The number of nitrogens with zero attached hydrogens (tertiary/aromatic N) is 1. The van der Waals surface area contributed by atoms with Crippen molar-refractivity contribution in [2.24, 2.45) is 0 Å². The second kappa shape index (κ2) is 9.28. The Kier molecular flexibility index (Phi) is 6.78. The maximum absolute atomic E-state index is 12.0. The van der Waals surface area contributed by atoms with Gasteiger partial charge in [-0.1, -0.05) is 53.5 Å². The van der Waals surface area contributed by atoms with E-state index in [-0.39, 0.29) is 16.6 Å². The van der Waals surface area contributed by atoms with E-state index in [9.17, 15) is 9.59 Å². The Morgan fingerprint density at radius 1 is 1.07 bits per heavy atom. The van der Waals surface area contributed by atoms with Crippen LogP contribution < -0.4 is 5.32 Å². The molecule has 0 bridgehead atoms. The average Bonchev–Trinajstić information content (AvgIpc) is 2.68. The van der Waals surface area contributed by atoms with Crippen LogP contribution in [-0.2, 0) is 14.3 Å². The first kappa shape index (κ1) is 20.5. The summed E-state index contributed by atoms with van der Waals surface area (Å²) in [4.78, 5) is 28.9. The first-order chi connectivity index (χ1) is 13.4. The molecule has 0 aliphatic carbocycles. The molecule has 144 valence electrons. The molecular weight excluding hydrogens is 419 g/mol. The fourth-order valence-electron chi connectivity index (χ4n) is 2.40. The highest BCUT2D eigenvalue weighted by molar-refractivity contribution is 8.00. The predicted octanol–water partition coefficient (Wildman–Crippen LogP) is 5.12. The van der Waals surface area contributed by atoms with Crippen LogP contribution in [0.5, 0.6) is 0 Å². The molecule has 3 aromatic rings. The number of esters is 1. The predicted molar refractivity (Wildman–Crippen MR) is 113 cm³/mol. The fourth-order valence-corrected chi connectivity index (χ4v) is 3.55. The third-order valence-corrected chi connectivity index (χ3v) is 5.44. The minimum absolute atomic E-state index is 0.102. The standard InChI is InChI=1S/C20H16Cl2N2O3S/c1-12-16(21)9-17(22)20(23-12)24-18(25)10-27-19(26)11-28-15-7-6-13-4-2-3-5-14(13)8-15/h2-9H,10-11H2,1H3,(H,23,24,25). The third kappa shape index (κ3) is 5.38. The van der Waals surface area contributed by atoms with Crippen LogP contribution in [0.2, 0.25) is 10.0 Å². The summed E-state index contributed by atoms with van der Waals surface area (Å²) in [5.74, 6) is -0.736. The van der Waals surface area contributed by atoms with Crippen molar-refractivity contribution < 1.29 is 14.3 Å². The molecule has 0 spiro atoms. The van der Waals surface area contributed by atoms with Crippen LogP contribution in [0.4, 0.5) is 5.82 Å². The van der Waals surface area contributed by atoms with Gasteiger partial charge in [0.05, 0.1) is 21.5 Å². The number of nitrogens with one attached hydrogen (secondary N) is 1. The van der Waals surface area contributed by atoms with E-state index < -0.39 is 18.5 Å². The van der Waals surface area contributed by atoms with Gasteiger partial charge in [-0.3, -0.25) is 9.59 Å². The first-order valence-corrected chi connectivity index (χ1v) is 10.1. The van der Waals surface area contributed by atoms with Gasteiger partial charge in [0.2, 0.25) is 0 Å². The number of hydrogen-bond donors (Lipinski definition) is 1. The van der Waals surface area contributed by atoms with E-state index in [2.05, 4.69) is 10.3 Å². The summed E-state index contributed by atoms with van der Waals surface area (Å²) in [7, 11) is 0. The minimum Gasteiger partial charge on any atom is -0.455 e. The number of pyridine rings is 1. The smallest absolute Gasteiger partial charge is 0.316 e. The Hall–Kier alpha value is -2.28. The van der Waals surface area contributed by atoms with Crippen LogP contribution >= 0.6 is 35.0 Å². The third-order valence-electron chi connectivity index (χ3n) is 3.80. The summed E-state index contributed by atoms with van der Waals surface area (Å²) < 4.78 is 5.01. The van der Waals surface area contributed by atoms with Crippen molar-refractivity contribution in [1.29, 1.82) is 0 Å². The zero-order valence-electron chi connectivity index (χ0n) is 14.9. The number of hydrogen-bond acceptors (Lipinski definition) is 5. The van der Waals surface area contributed by atoms with Crippen molar-refractivity contribution in [3.8, 4) is 0 Å². The number of halogens is 2. The molecule has 2 aromatic carbocycles. The molecule has 0 saturated carbocycles. The minimum atomic E-state index is -0.528. The molecule has 0 aliphatic heterocycles. The normalized spacial score (nSPS) is 10.7. The number of rotatable bonds is 6. The Labute approximate surface area is 176 Å². The Bertz CT molecular complexity index is 1040. The summed E-state index contributed by atoms with van der Waals surface area (Å²) in [5.41, 5.74) is 0.533. The zero-order chi connectivity index (χ0) is 20.1. The quantitative estimate of drug-likeness (QED) is 0.430. The summed E-state index contributed by atoms with van der Waals surface area (Å²) >= 11 is 13.3. The Balaban J connectivity index is 1.48. The van der Waals surface area contributed by atoms with Crippen molar-refractivity contribution in [2.45, 2.75) is 11.8 Å². The van der Waals surface area contributed by atoms with Gasteiger partial charge in [-0.05, 0) is 35.9 Å². The highest BCUT2D eigenvalue weighted by Crippen LogP contribution is 2.26. The van der Waals surface area contributed by atoms with Gasteiger partial charge >= 0.3 is 5.97 Å². The van der Waals surface area contributed by atoms with Gasteiger partial charge in [0.25, 0.3) is 5.91 Å². The highest BCUT2D eigenvalue weighted by atomic mass is 35.5. The molecule has 1 amide bonds. The number of aryl methyl sites for hydroxylation is 1. The van der Waals surface area contributed by atoms with E-state index in [0.29, 0.717) is 10.7 Å². The summed E-state index contributed by atoms with van der Waals surface area (Å²) in [6.45, 7) is 1.27.